The Labute approximate surface area is 114 Å². The van der Waals surface area contributed by atoms with Crippen molar-refractivity contribution >= 4 is 0 Å². The van der Waals surface area contributed by atoms with Gasteiger partial charge in [-0.25, -0.2) is 0 Å². The van der Waals surface area contributed by atoms with Gasteiger partial charge in [-0.3, -0.25) is 0 Å². The summed E-state index contributed by atoms with van der Waals surface area (Å²) in [6, 6.07) is 10.1. The molecule has 2 aromatic rings. The fourth-order valence-corrected chi connectivity index (χ4v) is 2.04. The maximum Gasteiger partial charge on any atom is 0.125 e. The summed E-state index contributed by atoms with van der Waals surface area (Å²) in [6.45, 7) is 7.74. The highest BCUT2D eigenvalue weighted by Gasteiger charge is 2.08. The minimum Gasteiger partial charge on any atom is -0.489 e. The Hall–Kier alpha value is -1.74. The third kappa shape index (κ3) is 3.86. The molecule has 2 rings (SSSR count). The lowest BCUT2D eigenvalue weighted by Crippen LogP contribution is -2.28. The summed E-state index contributed by atoms with van der Waals surface area (Å²) in [6.07, 6.45) is 1.81. The molecule has 0 amide bonds. The Morgan fingerprint density at radius 1 is 1.16 bits per heavy atom. The van der Waals surface area contributed by atoms with Crippen molar-refractivity contribution < 1.29 is 9.15 Å². The smallest absolute Gasteiger partial charge is 0.125 e. The molecule has 0 saturated carbocycles. The van der Waals surface area contributed by atoms with Crippen LogP contribution in [0, 0.1) is 13.8 Å². The third-order valence-electron chi connectivity index (χ3n) is 3.04. The molecule has 0 spiro atoms. The van der Waals surface area contributed by atoms with Crippen LogP contribution in [0.3, 0.4) is 0 Å². The largest absolute Gasteiger partial charge is 0.489 e. The highest BCUT2D eigenvalue weighted by Crippen LogP contribution is 2.23. The predicted molar refractivity (Wildman–Crippen MR) is 76.4 cm³/mol. The second-order valence-corrected chi connectivity index (χ2v) is 4.86. The Morgan fingerprint density at radius 2 is 1.89 bits per heavy atom. The monoisotopic (exact) mass is 259 g/mol. The van der Waals surface area contributed by atoms with E-state index in [-0.39, 0.29) is 6.10 Å². The highest BCUT2D eigenvalue weighted by molar-refractivity contribution is 5.39. The van der Waals surface area contributed by atoms with Crippen LogP contribution >= 0.6 is 0 Å². The molecule has 0 bridgehead atoms. The first kappa shape index (κ1) is 13.7. The number of ether oxygens (including phenoxy) is 1. The number of para-hydroxylation sites is 1. The van der Waals surface area contributed by atoms with Crippen LogP contribution in [0.15, 0.2) is 41.0 Å². The molecule has 1 N–H and O–H groups in total. The Bertz CT molecular complexity index is 485. The number of benzene rings is 1. The van der Waals surface area contributed by atoms with Crippen LogP contribution in [0.4, 0.5) is 0 Å². The van der Waals surface area contributed by atoms with Crippen molar-refractivity contribution in [1.82, 2.24) is 5.32 Å². The normalized spacial score (nSPS) is 12.4. The molecule has 1 atom stereocenters. The molecule has 3 heteroatoms. The van der Waals surface area contributed by atoms with Crippen LogP contribution in [0.1, 0.15) is 23.8 Å². The second kappa shape index (κ2) is 6.43. The summed E-state index contributed by atoms with van der Waals surface area (Å²) >= 11 is 0. The van der Waals surface area contributed by atoms with E-state index in [1.807, 2.05) is 12.1 Å². The predicted octanol–water partition coefficient (Wildman–Crippen LogP) is 3.45. The van der Waals surface area contributed by atoms with Crippen LogP contribution in [-0.2, 0) is 6.54 Å². The molecule has 102 valence electrons. The molecule has 3 nitrogen and oxygen atoms in total. The van der Waals surface area contributed by atoms with Gasteiger partial charge in [0.2, 0.25) is 0 Å². The van der Waals surface area contributed by atoms with Gasteiger partial charge in [0.25, 0.3) is 0 Å². The Kier molecular flexibility index (Phi) is 4.63. The third-order valence-corrected chi connectivity index (χ3v) is 3.04. The first-order chi connectivity index (χ1) is 9.16. The molecule has 1 unspecified atom stereocenters. The van der Waals surface area contributed by atoms with Gasteiger partial charge >= 0.3 is 0 Å². The summed E-state index contributed by atoms with van der Waals surface area (Å²) in [4.78, 5) is 0. The van der Waals surface area contributed by atoms with Crippen LogP contribution in [0.5, 0.6) is 5.75 Å². The molecule has 1 aromatic heterocycles. The van der Waals surface area contributed by atoms with Gasteiger partial charge in [-0.2, -0.15) is 0 Å². The fraction of sp³-hybridized carbons (Fsp3) is 0.375. The van der Waals surface area contributed by atoms with E-state index in [1.54, 1.807) is 6.26 Å². The zero-order valence-electron chi connectivity index (χ0n) is 11.8. The number of rotatable bonds is 6. The molecule has 1 heterocycles. The van der Waals surface area contributed by atoms with Crippen molar-refractivity contribution in [2.24, 2.45) is 0 Å². The zero-order chi connectivity index (χ0) is 13.7. The van der Waals surface area contributed by atoms with E-state index in [4.69, 9.17) is 9.15 Å². The molecule has 0 aliphatic carbocycles. The van der Waals surface area contributed by atoms with E-state index in [1.165, 1.54) is 11.1 Å². The van der Waals surface area contributed by atoms with Gasteiger partial charge in [0.15, 0.2) is 0 Å². The first-order valence-corrected chi connectivity index (χ1v) is 6.63. The average molecular weight is 259 g/mol. The van der Waals surface area contributed by atoms with Gasteiger partial charge in [-0.1, -0.05) is 18.2 Å². The van der Waals surface area contributed by atoms with Crippen molar-refractivity contribution in [1.29, 1.82) is 0 Å². The number of nitrogens with one attached hydrogen (secondary N) is 1. The summed E-state index contributed by atoms with van der Waals surface area (Å²) in [5.74, 6) is 1.94. The molecular weight excluding hydrogens is 238 g/mol. The lowest BCUT2D eigenvalue weighted by atomic mass is 10.1. The van der Waals surface area contributed by atoms with Crippen molar-refractivity contribution in [2.75, 3.05) is 6.54 Å². The van der Waals surface area contributed by atoms with Gasteiger partial charge in [0.05, 0.1) is 12.8 Å². The molecule has 0 aliphatic heterocycles. The van der Waals surface area contributed by atoms with Crippen molar-refractivity contribution in [3.63, 3.8) is 0 Å². The van der Waals surface area contributed by atoms with E-state index in [0.717, 1.165) is 24.6 Å². The number of hydrogen-bond donors (Lipinski definition) is 1. The van der Waals surface area contributed by atoms with Crippen LogP contribution in [0.2, 0.25) is 0 Å². The summed E-state index contributed by atoms with van der Waals surface area (Å²) in [7, 11) is 0. The summed E-state index contributed by atoms with van der Waals surface area (Å²) in [5, 5.41) is 3.33. The molecule has 0 aliphatic rings. The summed E-state index contributed by atoms with van der Waals surface area (Å²) in [5.41, 5.74) is 2.36. The van der Waals surface area contributed by atoms with E-state index in [2.05, 4.69) is 44.3 Å². The lowest BCUT2D eigenvalue weighted by molar-refractivity contribution is 0.213. The maximum atomic E-state index is 6.00. The molecular formula is C16H21NO2. The highest BCUT2D eigenvalue weighted by atomic mass is 16.5. The quantitative estimate of drug-likeness (QED) is 0.862. The minimum atomic E-state index is 0.120. The number of aryl methyl sites for hydroxylation is 2. The second-order valence-electron chi connectivity index (χ2n) is 4.86. The lowest BCUT2D eigenvalue weighted by Gasteiger charge is -2.18. The van der Waals surface area contributed by atoms with Gasteiger partial charge in [0, 0.05) is 6.54 Å². The van der Waals surface area contributed by atoms with Gasteiger partial charge in [0.1, 0.15) is 17.6 Å². The molecule has 1 aromatic carbocycles. The maximum absolute atomic E-state index is 6.00. The van der Waals surface area contributed by atoms with Gasteiger partial charge < -0.3 is 14.5 Å². The Morgan fingerprint density at radius 3 is 2.53 bits per heavy atom. The van der Waals surface area contributed by atoms with Crippen LogP contribution in [0.25, 0.3) is 0 Å². The first-order valence-electron chi connectivity index (χ1n) is 6.63. The van der Waals surface area contributed by atoms with E-state index in [0.29, 0.717) is 0 Å². The summed E-state index contributed by atoms with van der Waals surface area (Å²) < 4.78 is 11.3. The number of hydrogen-bond acceptors (Lipinski definition) is 3. The molecule has 0 saturated heterocycles. The number of furan rings is 1. The van der Waals surface area contributed by atoms with Crippen LogP contribution in [-0.4, -0.2) is 12.6 Å². The van der Waals surface area contributed by atoms with Crippen molar-refractivity contribution in [2.45, 2.75) is 33.4 Å². The van der Waals surface area contributed by atoms with Gasteiger partial charge in [-0.05, 0) is 44.0 Å². The van der Waals surface area contributed by atoms with Crippen LogP contribution < -0.4 is 10.1 Å². The SMILES string of the molecule is Cc1cccc(C)c1OC(C)CNCc1ccco1. The van der Waals surface area contributed by atoms with Crippen molar-refractivity contribution in [3.8, 4) is 5.75 Å². The average Bonchev–Trinajstić information content (AvgIpc) is 2.87. The topological polar surface area (TPSA) is 34.4 Å². The van der Waals surface area contributed by atoms with E-state index >= 15 is 0 Å². The van der Waals surface area contributed by atoms with E-state index in [9.17, 15) is 0 Å². The zero-order valence-corrected chi connectivity index (χ0v) is 11.8. The van der Waals surface area contributed by atoms with Crippen molar-refractivity contribution in [3.05, 3.63) is 53.5 Å². The Balaban J connectivity index is 1.82. The molecule has 0 fully saturated rings. The molecule has 19 heavy (non-hydrogen) atoms. The standard InChI is InChI=1S/C16H21NO2/c1-12-6-4-7-13(2)16(12)19-14(3)10-17-11-15-8-5-9-18-15/h4-9,14,17H,10-11H2,1-3H3. The minimum absolute atomic E-state index is 0.120. The van der Waals surface area contributed by atoms with E-state index < -0.39 is 0 Å². The molecule has 0 radical (unpaired) electrons. The van der Waals surface area contributed by atoms with Gasteiger partial charge in [-0.15, -0.1) is 0 Å². The fourth-order valence-electron chi connectivity index (χ4n) is 2.04.